The molecule has 0 radical (unpaired) electrons. The van der Waals surface area contributed by atoms with Gasteiger partial charge in [0.2, 0.25) is 5.91 Å². The summed E-state index contributed by atoms with van der Waals surface area (Å²) in [5.74, 6) is 1.71. The molecule has 1 aliphatic heterocycles. The van der Waals surface area contributed by atoms with E-state index in [2.05, 4.69) is 26.5 Å². The van der Waals surface area contributed by atoms with Crippen molar-refractivity contribution >= 4 is 16.9 Å². The molecule has 7 nitrogen and oxygen atoms in total. The van der Waals surface area contributed by atoms with Crippen molar-refractivity contribution in [2.45, 2.75) is 64.5 Å². The first kappa shape index (κ1) is 18.7. The first-order valence-corrected chi connectivity index (χ1v) is 9.91. The van der Waals surface area contributed by atoms with Crippen LogP contribution in [0.4, 0.5) is 0 Å². The topological polar surface area (TPSA) is 104 Å². The Morgan fingerprint density at radius 3 is 2.54 bits per heavy atom. The highest BCUT2D eigenvalue weighted by Crippen LogP contribution is 2.30. The second-order valence-corrected chi connectivity index (χ2v) is 7.65. The maximum absolute atomic E-state index is 11.4. The minimum absolute atomic E-state index is 0.0117. The number of nitrogens with one attached hydrogen (secondary N) is 2. The number of hydrogen-bond donors (Lipinski definition) is 3. The summed E-state index contributed by atoms with van der Waals surface area (Å²) >= 11 is 0. The number of aromatic amines is 1. The van der Waals surface area contributed by atoms with Crippen molar-refractivity contribution in [2.24, 2.45) is 0 Å². The number of imidazole rings is 1. The molecule has 2 aliphatic rings. The molecule has 1 saturated carbocycles. The second kappa shape index (κ2) is 7.75. The highest BCUT2D eigenvalue weighted by molar-refractivity contribution is 5.83. The lowest BCUT2D eigenvalue weighted by Crippen LogP contribution is -2.19. The van der Waals surface area contributed by atoms with E-state index in [-0.39, 0.29) is 18.1 Å². The van der Waals surface area contributed by atoms with Gasteiger partial charge in [-0.3, -0.25) is 4.79 Å². The van der Waals surface area contributed by atoms with Crippen molar-refractivity contribution in [1.82, 2.24) is 20.4 Å². The lowest BCUT2D eigenvalue weighted by atomic mass is 10.0. The largest absolute Gasteiger partial charge is 0.393 e. The fraction of sp³-hybridized carbons (Fsp3) is 0.476. The Bertz CT molecular complexity index is 965. The highest BCUT2D eigenvalue weighted by atomic mass is 16.5. The van der Waals surface area contributed by atoms with Crippen LogP contribution in [0.1, 0.15) is 61.8 Å². The number of hydrogen-bond acceptors (Lipinski definition) is 5. The van der Waals surface area contributed by atoms with Gasteiger partial charge < -0.3 is 19.9 Å². The predicted octanol–water partition coefficient (Wildman–Crippen LogP) is 3.71. The number of aromatic nitrogens is 3. The van der Waals surface area contributed by atoms with Crippen molar-refractivity contribution in [3.05, 3.63) is 35.5 Å². The summed E-state index contributed by atoms with van der Waals surface area (Å²) < 4.78 is 5.24. The van der Waals surface area contributed by atoms with Gasteiger partial charge in [0, 0.05) is 12.0 Å². The summed E-state index contributed by atoms with van der Waals surface area (Å²) in [4.78, 5) is 19.3. The van der Waals surface area contributed by atoms with Crippen LogP contribution in [0.3, 0.4) is 0 Å². The van der Waals surface area contributed by atoms with E-state index < -0.39 is 0 Å². The van der Waals surface area contributed by atoms with Crippen LogP contribution >= 0.6 is 0 Å². The van der Waals surface area contributed by atoms with Crippen molar-refractivity contribution in [3.63, 3.8) is 0 Å². The van der Waals surface area contributed by atoms with Crippen molar-refractivity contribution in [2.75, 3.05) is 0 Å². The Morgan fingerprint density at radius 1 is 1.18 bits per heavy atom. The van der Waals surface area contributed by atoms with Crippen molar-refractivity contribution < 1.29 is 14.4 Å². The second-order valence-electron chi connectivity index (χ2n) is 7.65. The summed E-state index contributed by atoms with van der Waals surface area (Å²) in [6.07, 6.45) is 5.95. The molecule has 3 aromatic rings. The number of nitrogens with zero attached hydrogens (tertiary/aromatic N) is 2. The van der Waals surface area contributed by atoms with Crippen LogP contribution in [0.5, 0.6) is 0 Å². The zero-order valence-electron chi connectivity index (χ0n) is 16.3. The number of amides is 1. The summed E-state index contributed by atoms with van der Waals surface area (Å²) in [5, 5.41) is 15.7. The molecule has 0 spiro atoms. The van der Waals surface area contributed by atoms with Crippen LogP contribution in [0.2, 0.25) is 0 Å². The Kier molecular flexibility index (Phi) is 5.17. The Labute approximate surface area is 163 Å². The van der Waals surface area contributed by atoms with Gasteiger partial charge in [-0.1, -0.05) is 24.1 Å². The predicted molar refractivity (Wildman–Crippen MR) is 106 cm³/mol. The third-order valence-corrected chi connectivity index (χ3v) is 5.47. The lowest BCUT2D eigenvalue weighted by Gasteiger charge is -2.04. The highest BCUT2D eigenvalue weighted by Gasteiger charge is 2.25. The molecule has 1 amide bonds. The van der Waals surface area contributed by atoms with E-state index in [9.17, 15) is 4.79 Å². The van der Waals surface area contributed by atoms with Gasteiger partial charge >= 0.3 is 0 Å². The molecular weight excluding hydrogens is 356 g/mol. The molecule has 2 aromatic heterocycles. The normalized spacial score (nSPS) is 19.7. The van der Waals surface area contributed by atoms with E-state index in [0.29, 0.717) is 6.42 Å². The zero-order chi connectivity index (χ0) is 19.7. The van der Waals surface area contributed by atoms with Gasteiger partial charge in [-0.15, -0.1) is 0 Å². The molecule has 5 rings (SSSR count). The van der Waals surface area contributed by atoms with Gasteiger partial charge in [-0.25, -0.2) is 4.98 Å². The number of benzene rings is 1. The minimum atomic E-state index is -0.0117. The Morgan fingerprint density at radius 2 is 1.96 bits per heavy atom. The molecule has 28 heavy (non-hydrogen) atoms. The van der Waals surface area contributed by atoms with Gasteiger partial charge in [-0.05, 0) is 50.8 Å². The SMILES string of the molecule is Cc1noc(C)c1-c1ccc2nc([C@@H]3CCC(=O)N3)[nH]c2c1.OC1CCCC1. The minimum Gasteiger partial charge on any atom is -0.393 e. The van der Waals surface area contributed by atoms with Crippen LogP contribution in [0.15, 0.2) is 22.7 Å². The number of carbonyl (C=O) groups is 1. The molecule has 2 fully saturated rings. The number of fused-ring (bicyclic) bond motifs is 1. The quantitative estimate of drug-likeness (QED) is 0.627. The Balaban J connectivity index is 0.000000275. The molecule has 3 heterocycles. The summed E-state index contributed by atoms with van der Waals surface area (Å²) in [7, 11) is 0. The van der Waals surface area contributed by atoms with E-state index in [1.165, 1.54) is 12.8 Å². The molecule has 1 atom stereocenters. The first-order chi connectivity index (χ1) is 13.5. The number of H-pyrrole nitrogens is 1. The summed E-state index contributed by atoms with van der Waals surface area (Å²) in [5.41, 5.74) is 4.79. The third-order valence-electron chi connectivity index (χ3n) is 5.47. The van der Waals surface area contributed by atoms with Crippen molar-refractivity contribution in [3.8, 4) is 11.1 Å². The molecule has 1 aromatic carbocycles. The number of carbonyl (C=O) groups excluding carboxylic acids is 1. The average Bonchev–Trinajstić information content (AvgIpc) is 3.44. The lowest BCUT2D eigenvalue weighted by molar-refractivity contribution is -0.119. The first-order valence-electron chi connectivity index (χ1n) is 9.91. The van der Waals surface area contributed by atoms with Crippen LogP contribution in [0, 0.1) is 13.8 Å². The summed E-state index contributed by atoms with van der Waals surface area (Å²) in [6.45, 7) is 3.84. The molecule has 1 saturated heterocycles. The maximum Gasteiger partial charge on any atom is 0.220 e. The average molecular weight is 382 g/mol. The van der Waals surface area contributed by atoms with Crippen LogP contribution in [-0.4, -0.2) is 32.2 Å². The number of aryl methyl sites for hydroxylation is 2. The van der Waals surface area contributed by atoms with Gasteiger partial charge in [0.15, 0.2) is 0 Å². The van der Waals surface area contributed by atoms with Crippen molar-refractivity contribution in [1.29, 1.82) is 0 Å². The third kappa shape index (κ3) is 3.80. The maximum atomic E-state index is 11.4. The van der Waals surface area contributed by atoms with Gasteiger partial charge in [0.05, 0.1) is 28.9 Å². The summed E-state index contributed by atoms with van der Waals surface area (Å²) in [6, 6.07) is 6.04. The standard InChI is InChI=1S/C16H16N4O2.C5H10O/c1-8-15(9(2)22-20-8)10-3-4-11-13(7-10)19-16(18-11)12-5-6-14(21)17-12;6-5-3-1-2-4-5/h3-4,7,12H,5-6H2,1-2H3,(H,17,21)(H,18,19);5-6H,1-4H2/t12-;/m0./s1. The van der Waals surface area contributed by atoms with E-state index in [1.54, 1.807) is 0 Å². The van der Waals surface area contributed by atoms with E-state index in [4.69, 9.17) is 9.63 Å². The van der Waals surface area contributed by atoms with Gasteiger partial charge in [0.1, 0.15) is 11.6 Å². The monoisotopic (exact) mass is 382 g/mol. The fourth-order valence-electron chi connectivity index (χ4n) is 3.97. The number of aliphatic hydroxyl groups is 1. The molecule has 0 bridgehead atoms. The zero-order valence-corrected chi connectivity index (χ0v) is 16.3. The fourth-order valence-corrected chi connectivity index (χ4v) is 3.97. The molecule has 7 heteroatoms. The van der Waals surface area contributed by atoms with Crippen LogP contribution in [-0.2, 0) is 4.79 Å². The van der Waals surface area contributed by atoms with Crippen LogP contribution < -0.4 is 5.32 Å². The number of rotatable bonds is 2. The molecule has 0 unspecified atom stereocenters. The van der Waals surface area contributed by atoms with Crippen LogP contribution in [0.25, 0.3) is 22.2 Å². The van der Waals surface area contributed by atoms with E-state index in [1.807, 2.05) is 26.0 Å². The molecule has 3 N–H and O–H groups in total. The smallest absolute Gasteiger partial charge is 0.220 e. The molecule has 1 aliphatic carbocycles. The van der Waals surface area contributed by atoms with Gasteiger partial charge in [0.25, 0.3) is 0 Å². The molecular formula is C21H26N4O3. The molecule has 148 valence electrons. The number of aliphatic hydroxyl groups excluding tert-OH is 1. The van der Waals surface area contributed by atoms with E-state index >= 15 is 0 Å². The Hall–Kier alpha value is -2.67. The van der Waals surface area contributed by atoms with E-state index in [0.717, 1.165) is 58.7 Å². The van der Waals surface area contributed by atoms with Gasteiger partial charge in [-0.2, -0.15) is 0 Å².